The third kappa shape index (κ3) is 3.87. The second kappa shape index (κ2) is 7.24. The molecule has 23 heavy (non-hydrogen) atoms. The summed E-state index contributed by atoms with van der Waals surface area (Å²) in [6.07, 6.45) is 0. The minimum absolute atomic E-state index is 0.503. The Morgan fingerprint density at radius 2 is 2.04 bits per heavy atom. The number of anilines is 1. The molecule has 3 rings (SSSR count). The maximum absolute atomic E-state index is 6.02. The molecular weight excluding hydrogens is 314 g/mol. The molecule has 0 amide bonds. The number of benzene rings is 2. The molecule has 2 aromatic carbocycles. The Hall–Kier alpha value is -2.40. The Morgan fingerprint density at radius 1 is 1.22 bits per heavy atom. The number of hydrogen-bond donors (Lipinski definition) is 2. The van der Waals surface area contributed by atoms with Crippen molar-refractivity contribution in [3.63, 3.8) is 0 Å². The summed E-state index contributed by atoms with van der Waals surface area (Å²) in [5, 5.41) is 7.16. The number of nitrogens with zero attached hydrogens (tertiary/aromatic N) is 1. The van der Waals surface area contributed by atoms with Crippen molar-refractivity contribution in [2.45, 2.75) is 6.54 Å². The summed E-state index contributed by atoms with van der Waals surface area (Å²) in [5.41, 5.74) is 2.12. The van der Waals surface area contributed by atoms with E-state index < -0.39 is 0 Å². The van der Waals surface area contributed by atoms with Gasteiger partial charge in [0.25, 0.3) is 0 Å². The molecule has 0 aliphatic carbocycles. The van der Waals surface area contributed by atoms with Crippen LogP contribution in [0.1, 0.15) is 5.56 Å². The molecule has 0 bridgehead atoms. The average molecular weight is 332 g/mol. The highest BCUT2D eigenvalue weighted by Crippen LogP contribution is 2.26. The first-order valence-corrected chi connectivity index (χ1v) is 7.73. The molecule has 0 atom stereocenters. The van der Waals surface area contributed by atoms with Crippen LogP contribution in [0.5, 0.6) is 11.5 Å². The van der Waals surface area contributed by atoms with Crippen LogP contribution in [-0.4, -0.2) is 26.2 Å². The zero-order valence-electron chi connectivity index (χ0n) is 12.8. The summed E-state index contributed by atoms with van der Waals surface area (Å²) in [4.78, 5) is 4.45. The van der Waals surface area contributed by atoms with E-state index in [9.17, 15) is 0 Å². The van der Waals surface area contributed by atoms with Crippen LogP contribution in [0.4, 0.5) is 5.69 Å². The summed E-state index contributed by atoms with van der Waals surface area (Å²) in [6, 6.07) is 13.3. The van der Waals surface area contributed by atoms with E-state index >= 15 is 0 Å². The second-order valence-corrected chi connectivity index (χ2v) is 5.45. The number of fused-ring (bicyclic) bond motifs is 1. The highest BCUT2D eigenvalue weighted by molar-refractivity contribution is 6.31. The fourth-order valence-corrected chi connectivity index (χ4v) is 2.47. The van der Waals surface area contributed by atoms with Gasteiger partial charge in [0.05, 0.1) is 20.2 Å². The van der Waals surface area contributed by atoms with Gasteiger partial charge in [0.2, 0.25) is 0 Å². The molecule has 5 nitrogen and oxygen atoms in total. The zero-order chi connectivity index (χ0) is 16.1. The van der Waals surface area contributed by atoms with Gasteiger partial charge in [-0.1, -0.05) is 29.8 Å². The Morgan fingerprint density at radius 3 is 2.87 bits per heavy atom. The van der Waals surface area contributed by atoms with Crippen LogP contribution in [0.15, 0.2) is 47.5 Å². The first-order valence-electron chi connectivity index (χ1n) is 7.36. The topological polar surface area (TPSA) is 54.9 Å². The minimum atomic E-state index is 0.503. The van der Waals surface area contributed by atoms with E-state index in [-0.39, 0.29) is 0 Å². The molecule has 1 aliphatic heterocycles. The van der Waals surface area contributed by atoms with Crippen LogP contribution in [-0.2, 0) is 6.54 Å². The van der Waals surface area contributed by atoms with E-state index in [4.69, 9.17) is 21.1 Å². The molecule has 120 valence electrons. The van der Waals surface area contributed by atoms with E-state index in [0.717, 1.165) is 28.7 Å². The Balaban J connectivity index is 1.49. The lowest BCUT2D eigenvalue weighted by Crippen LogP contribution is -2.35. The van der Waals surface area contributed by atoms with Gasteiger partial charge in [-0.3, -0.25) is 0 Å². The fraction of sp³-hybridized carbons (Fsp3) is 0.235. The van der Waals surface area contributed by atoms with Gasteiger partial charge in [-0.15, -0.1) is 0 Å². The number of halogens is 1. The van der Waals surface area contributed by atoms with Gasteiger partial charge in [0.15, 0.2) is 17.5 Å². The number of rotatable bonds is 5. The summed E-state index contributed by atoms with van der Waals surface area (Å²) in [6.45, 7) is 1.76. The van der Waals surface area contributed by atoms with Crippen molar-refractivity contribution in [2.24, 2.45) is 4.99 Å². The van der Waals surface area contributed by atoms with E-state index in [1.54, 1.807) is 7.11 Å². The smallest absolute Gasteiger partial charge is 0.196 e. The predicted octanol–water partition coefficient (Wildman–Crippen LogP) is 3.30. The third-order valence-corrected chi connectivity index (χ3v) is 3.69. The monoisotopic (exact) mass is 331 g/mol. The number of nitrogens with one attached hydrogen (secondary N) is 2. The van der Waals surface area contributed by atoms with E-state index in [1.807, 2.05) is 42.5 Å². The number of methoxy groups -OCH3 is 1. The fourth-order valence-electron chi connectivity index (χ4n) is 2.30. The van der Waals surface area contributed by atoms with E-state index in [1.165, 1.54) is 0 Å². The van der Waals surface area contributed by atoms with Crippen molar-refractivity contribution in [2.75, 3.05) is 25.6 Å². The van der Waals surface area contributed by atoms with Crippen molar-refractivity contribution in [3.05, 3.63) is 53.1 Å². The molecule has 0 radical (unpaired) electrons. The first kappa shape index (κ1) is 15.5. The predicted molar refractivity (Wildman–Crippen MR) is 92.7 cm³/mol. The van der Waals surface area contributed by atoms with Crippen molar-refractivity contribution in [3.8, 4) is 11.5 Å². The lowest BCUT2D eigenvalue weighted by Gasteiger charge is -2.19. The van der Waals surface area contributed by atoms with Crippen LogP contribution in [0.3, 0.4) is 0 Å². The van der Waals surface area contributed by atoms with E-state index in [0.29, 0.717) is 24.7 Å². The van der Waals surface area contributed by atoms with Crippen molar-refractivity contribution in [1.29, 1.82) is 0 Å². The molecule has 0 saturated heterocycles. The lowest BCUT2D eigenvalue weighted by molar-refractivity contribution is 0.298. The number of ether oxygens (including phenoxy) is 2. The zero-order valence-corrected chi connectivity index (χ0v) is 13.6. The van der Waals surface area contributed by atoms with Crippen LogP contribution in [0.2, 0.25) is 5.02 Å². The summed E-state index contributed by atoms with van der Waals surface area (Å²) < 4.78 is 11.0. The van der Waals surface area contributed by atoms with Crippen molar-refractivity contribution < 1.29 is 9.47 Å². The Labute approximate surface area is 140 Å². The second-order valence-electron chi connectivity index (χ2n) is 5.02. The van der Waals surface area contributed by atoms with Crippen molar-refractivity contribution >= 4 is 23.2 Å². The van der Waals surface area contributed by atoms with Gasteiger partial charge in [0, 0.05) is 10.7 Å². The standard InChI is InChI=1S/C17H18ClN3O2/c1-22-15-4-2-3-5-16(15)23-9-8-19-17-20-11-12-6-7-13(18)10-14(12)21-17/h2-7,10H,8-9,11H2,1H3,(H2,19,20,21). The van der Waals surface area contributed by atoms with Gasteiger partial charge in [0.1, 0.15) is 6.61 Å². The van der Waals surface area contributed by atoms with Gasteiger partial charge < -0.3 is 20.1 Å². The van der Waals surface area contributed by atoms with Gasteiger partial charge >= 0.3 is 0 Å². The van der Waals surface area contributed by atoms with Crippen LogP contribution >= 0.6 is 11.6 Å². The molecule has 1 heterocycles. The maximum atomic E-state index is 6.02. The highest BCUT2D eigenvalue weighted by atomic mass is 35.5. The Kier molecular flexibility index (Phi) is 4.88. The van der Waals surface area contributed by atoms with Gasteiger partial charge in [-0.25, -0.2) is 4.99 Å². The lowest BCUT2D eigenvalue weighted by atomic mass is 10.1. The molecule has 1 aliphatic rings. The van der Waals surface area contributed by atoms with E-state index in [2.05, 4.69) is 15.6 Å². The Bertz CT molecular complexity index is 719. The largest absolute Gasteiger partial charge is 0.493 e. The van der Waals surface area contributed by atoms with Crippen LogP contribution < -0.4 is 20.1 Å². The average Bonchev–Trinajstić information content (AvgIpc) is 2.58. The third-order valence-electron chi connectivity index (χ3n) is 3.45. The maximum Gasteiger partial charge on any atom is 0.196 e. The summed E-state index contributed by atoms with van der Waals surface area (Å²) in [7, 11) is 1.63. The first-order chi connectivity index (χ1) is 11.3. The summed E-state index contributed by atoms with van der Waals surface area (Å²) >= 11 is 6.02. The molecule has 2 N–H and O–H groups in total. The number of aliphatic imine (C=N–C) groups is 1. The molecule has 0 spiro atoms. The number of guanidine groups is 1. The molecule has 0 aromatic heterocycles. The highest BCUT2D eigenvalue weighted by Gasteiger charge is 2.11. The molecule has 0 fully saturated rings. The number of hydrogen-bond acceptors (Lipinski definition) is 5. The van der Waals surface area contributed by atoms with Crippen molar-refractivity contribution in [1.82, 2.24) is 5.32 Å². The van der Waals surface area contributed by atoms with Gasteiger partial charge in [-0.05, 0) is 29.8 Å². The summed E-state index contributed by atoms with van der Waals surface area (Å²) in [5.74, 6) is 2.18. The molecule has 0 saturated carbocycles. The SMILES string of the molecule is COc1ccccc1OCCNC1=NCc2ccc(Cl)cc2N1. The number of para-hydroxylation sites is 2. The van der Waals surface area contributed by atoms with Crippen LogP contribution in [0.25, 0.3) is 0 Å². The quantitative estimate of drug-likeness (QED) is 0.825. The minimum Gasteiger partial charge on any atom is -0.493 e. The molecule has 6 heteroatoms. The van der Waals surface area contributed by atoms with Gasteiger partial charge in [-0.2, -0.15) is 0 Å². The normalized spacial score (nSPS) is 12.7. The molecule has 0 unspecified atom stereocenters. The van der Waals surface area contributed by atoms with Crippen LogP contribution in [0, 0.1) is 0 Å². The molecular formula is C17H18ClN3O2. The molecule has 2 aromatic rings.